The lowest BCUT2D eigenvalue weighted by molar-refractivity contribution is -0.145. The van der Waals surface area contributed by atoms with E-state index in [0.29, 0.717) is 29.5 Å². The molecular weight excluding hydrogens is 444 g/mol. The standard InChI is InChI=1S/C24H22N2O6S/c1-2-30-24(29)25-16-10-11-17-15(12-23(28)32-19(17)13-16)14-31-22(27)9-5-8-21-26-18-6-3-4-7-20(18)33-21/h3-4,6-7,10-13H,2,5,8-9,14H2,1H3,(H,25,29). The Balaban J connectivity index is 1.35. The summed E-state index contributed by atoms with van der Waals surface area (Å²) in [5.74, 6) is -0.349. The highest BCUT2D eigenvalue weighted by atomic mass is 32.1. The number of benzene rings is 2. The van der Waals surface area contributed by atoms with Gasteiger partial charge in [0, 0.05) is 35.2 Å². The second kappa shape index (κ2) is 10.3. The zero-order chi connectivity index (χ0) is 23.2. The molecule has 1 N–H and O–H groups in total. The maximum absolute atomic E-state index is 12.2. The van der Waals surface area contributed by atoms with Crippen LogP contribution < -0.4 is 10.9 Å². The van der Waals surface area contributed by atoms with Gasteiger partial charge in [-0.15, -0.1) is 11.3 Å². The molecule has 9 heteroatoms. The first-order chi connectivity index (χ1) is 16.0. The Kier molecular flexibility index (Phi) is 6.99. The van der Waals surface area contributed by atoms with Crippen molar-refractivity contribution in [3.63, 3.8) is 0 Å². The van der Waals surface area contributed by atoms with Gasteiger partial charge in [0.05, 0.1) is 21.8 Å². The Morgan fingerprint density at radius 3 is 2.79 bits per heavy atom. The number of carbonyl (C=O) groups is 2. The fourth-order valence-electron chi connectivity index (χ4n) is 3.35. The molecule has 1 amide bonds. The van der Waals surface area contributed by atoms with Gasteiger partial charge in [0.15, 0.2) is 0 Å². The number of nitrogens with zero attached hydrogens (tertiary/aromatic N) is 1. The van der Waals surface area contributed by atoms with E-state index in [0.717, 1.165) is 15.2 Å². The first-order valence-electron chi connectivity index (χ1n) is 10.5. The van der Waals surface area contributed by atoms with Gasteiger partial charge in [-0.05, 0) is 44.0 Å². The summed E-state index contributed by atoms with van der Waals surface area (Å²) in [4.78, 5) is 40.4. The van der Waals surface area contributed by atoms with Crippen LogP contribution in [-0.4, -0.2) is 23.7 Å². The number of thiazole rings is 1. The van der Waals surface area contributed by atoms with Crippen molar-refractivity contribution in [2.45, 2.75) is 32.8 Å². The number of aryl methyl sites for hydroxylation is 1. The number of esters is 1. The Bertz CT molecular complexity index is 1330. The largest absolute Gasteiger partial charge is 0.461 e. The molecule has 4 rings (SSSR count). The molecule has 0 aliphatic rings. The zero-order valence-corrected chi connectivity index (χ0v) is 18.8. The molecule has 2 aromatic heterocycles. The predicted molar refractivity (Wildman–Crippen MR) is 125 cm³/mol. The van der Waals surface area contributed by atoms with Crippen LogP contribution in [0.3, 0.4) is 0 Å². The molecule has 0 aliphatic carbocycles. The molecule has 170 valence electrons. The van der Waals surface area contributed by atoms with E-state index in [1.807, 2.05) is 24.3 Å². The summed E-state index contributed by atoms with van der Waals surface area (Å²) in [5.41, 5.74) is 1.63. The van der Waals surface area contributed by atoms with Crippen LogP contribution in [0.2, 0.25) is 0 Å². The number of hydrogen-bond acceptors (Lipinski definition) is 8. The summed E-state index contributed by atoms with van der Waals surface area (Å²) in [5, 5.41) is 4.16. The number of para-hydroxylation sites is 1. The molecule has 2 heterocycles. The van der Waals surface area contributed by atoms with Crippen LogP contribution >= 0.6 is 11.3 Å². The SMILES string of the molecule is CCOC(=O)Nc1ccc2c(COC(=O)CCCc3nc4ccccc4s3)cc(=O)oc2c1. The highest BCUT2D eigenvalue weighted by molar-refractivity contribution is 7.18. The molecule has 0 saturated carbocycles. The molecule has 0 radical (unpaired) electrons. The fourth-order valence-corrected chi connectivity index (χ4v) is 4.36. The number of carbonyl (C=O) groups excluding carboxylic acids is 2. The summed E-state index contributed by atoms with van der Waals surface area (Å²) in [6.07, 6.45) is 0.972. The van der Waals surface area contributed by atoms with Crippen LogP contribution in [0, 0.1) is 0 Å². The van der Waals surface area contributed by atoms with Gasteiger partial charge < -0.3 is 13.9 Å². The first kappa shape index (κ1) is 22.5. The van der Waals surface area contributed by atoms with Crippen molar-refractivity contribution in [1.82, 2.24) is 4.98 Å². The van der Waals surface area contributed by atoms with Crippen molar-refractivity contribution < 1.29 is 23.5 Å². The third-order valence-corrected chi connectivity index (χ3v) is 5.95. The normalized spacial score (nSPS) is 10.9. The molecule has 0 saturated heterocycles. The van der Waals surface area contributed by atoms with Gasteiger partial charge in [-0.25, -0.2) is 14.6 Å². The monoisotopic (exact) mass is 466 g/mol. The second-order valence-corrected chi connectivity index (χ2v) is 8.35. The molecule has 33 heavy (non-hydrogen) atoms. The molecule has 2 aromatic carbocycles. The Labute approximate surface area is 193 Å². The zero-order valence-electron chi connectivity index (χ0n) is 18.0. The van der Waals surface area contributed by atoms with Gasteiger partial charge in [0.25, 0.3) is 0 Å². The molecular formula is C24H22N2O6S. The van der Waals surface area contributed by atoms with Crippen LogP contribution in [0.25, 0.3) is 21.2 Å². The summed E-state index contributed by atoms with van der Waals surface area (Å²) < 4.78 is 16.6. The van der Waals surface area contributed by atoms with E-state index in [-0.39, 0.29) is 31.2 Å². The number of anilines is 1. The summed E-state index contributed by atoms with van der Waals surface area (Å²) in [7, 11) is 0. The lowest BCUT2D eigenvalue weighted by Crippen LogP contribution is -2.13. The van der Waals surface area contributed by atoms with Crippen LogP contribution in [0.4, 0.5) is 10.5 Å². The summed E-state index contributed by atoms with van der Waals surface area (Å²) in [6, 6.07) is 14.1. The van der Waals surface area contributed by atoms with Crippen molar-refractivity contribution in [1.29, 1.82) is 0 Å². The van der Waals surface area contributed by atoms with E-state index in [9.17, 15) is 14.4 Å². The summed E-state index contributed by atoms with van der Waals surface area (Å²) >= 11 is 1.63. The maximum Gasteiger partial charge on any atom is 0.411 e. The molecule has 0 unspecified atom stereocenters. The van der Waals surface area contributed by atoms with Crippen molar-refractivity contribution in [2.24, 2.45) is 0 Å². The van der Waals surface area contributed by atoms with Crippen LogP contribution in [0.1, 0.15) is 30.3 Å². The Morgan fingerprint density at radius 1 is 1.12 bits per heavy atom. The number of rotatable bonds is 8. The number of amides is 1. The number of nitrogens with one attached hydrogen (secondary N) is 1. The van der Waals surface area contributed by atoms with Crippen molar-refractivity contribution in [2.75, 3.05) is 11.9 Å². The Morgan fingerprint density at radius 2 is 1.97 bits per heavy atom. The first-order valence-corrected chi connectivity index (χ1v) is 11.3. The van der Waals surface area contributed by atoms with Crippen LogP contribution in [0.15, 0.2) is 57.7 Å². The van der Waals surface area contributed by atoms with Crippen molar-refractivity contribution >= 4 is 50.3 Å². The van der Waals surface area contributed by atoms with Crippen molar-refractivity contribution in [3.05, 3.63) is 69.5 Å². The molecule has 0 aliphatic heterocycles. The van der Waals surface area contributed by atoms with Gasteiger partial charge in [0.2, 0.25) is 0 Å². The molecule has 0 spiro atoms. The average molecular weight is 467 g/mol. The van der Waals surface area contributed by atoms with Gasteiger partial charge >= 0.3 is 17.7 Å². The number of ether oxygens (including phenoxy) is 2. The third kappa shape index (κ3) is 5.75. The third-order valence-electron chi connectivity index (χ3n) is 4.85. The van der Waals surface area contributed by atoms with E-state index >= 15 is 0 Å². The molecule has 0 fully saturated rings. The quantitative estimate of drug-likeness (QED) is 0.286. The predicted octanol–water partition coefficient (Wildman–Crippen LogP) is 5.04. The minimum absolute atomic E-state index is 0.0489. The highest BCUT2D eigenvalue weighted by Gasteiger charge is 2.12. The summed E-state index contributed by atoms with van der Waals surface area (Å²) in [6.45, 7) is 1.89. The lowest BCUT2D eigenvalue weighted by atomic mass is 10.1. The fraction of sp³-hybridized carbons (Fsp3) is 0.250. The average Bonchev–Trinajstić information content (AvgIpc) is 3.20. The van der Waals surface area contributed by atoms with Gasteiger partial charge in [-0.1, -0.05) is 12.1 Å². The lowest BCUT2D eigenvalue weighted by Gasteiger charge is -2.09. The van der Waals surface area contributed by atoms with Crippen LogP contribution in [0.5, 0.6) is 0 Å². The van der Waals surface area contributed by atoms with Gasteiger partial charge in [-0.2, -0.15) is 0 Å². The number of hydrogen-bond donors (Lipinski definition) is 1. The van der Waals surface area contributed by atoms with E-state index in [4.69, 9.17) is 13.9 Å². The topological polar surface area (TPSA) is 108 Å². The molecule has 0 bridgehead atoms. The second-order valence-electron chi connectivity index (χ2n) is 7.24. The van der Waals surface area contributed by atoms with E-state index in [2.05, 4.69) is 10.3 Å². The number of aromatic nitrogens is 1. The number of fused-ring (bicyclic) bond motifs is 2. The van der Waals surface area contributed by atoms with Crippen molar-refractivity contribution in [3.8, 4) is 0 Å². The molecule has 0 atom stereocenters. The minimum atomic E-state index is -0.602. The maximum atomic E-state index is 12.2. The molecule has 4 aromatic rings. The van der Waals surface area contributed by atoms with E-state index in [1.54, 1.807) is 30.4 Å². The van der Waals surface area contributed by atoms with Gasteiger partial charge in [0.1, 0.15) is 12.2 Å². The molecule has 8 nitrogen and oxygen atoms in total. The highest BCUT2D eigenvalue weighted by Crippen LogP contribution is 2.24. The minimum Gasteiger partial charge on any atom is -0.461 e. The van der Waals surface area contributed by atoms with E-state index < -0.39 is 11.7 Å². The van der Waals surface area contributed by atoms with Gasteiger partial charge in [-0.3, -0.25) is 10.1 Å². The van der Waals surface area contributed by atoms with Crippen LogP contribution in [-0.2, 0) is 27.3 Å². The Hall–Kier alpha value is -3.72. The smallest absolute Gasteiger partial charge is 0.411 e. The van der Waals surface area contributed by atoms with E-state index in [1.165, 1.54) is 12.1 Å².